The average molecular weight is 456 g/mol. The van der Waals surface area contributed by atoms with Crippen molar-refractivity contribution in [3.8, 4) is 11.5 Å². The molecule has 3 aromatic rings. The topological polar surface area (TPSA) is 100.0 Å². The van der Waals surface area contributed by atoms with E-state index in [1.165, 1.54) is 12.4 Å². The van der Waals surface area contributed by atoms with Gasteiger partial charge in [0.05, 0.1) is 11.3 Å². The minimum atomic E-state index is -0.121. The van der Waals surface area contributed by atoms with Crippen LogP contribution in [0.2, 0.25) is 0 Å². The maximum atomic E-state index is 11.4. The molecule has 7 nitrogen and oxygen atoms in total. The summed E-state index contributed by atoms with van der Waals surface area (Å²) in [6, 6.07) is 17.3. The van der Waals surface area contributed by atoms with Gasteiger partial charge in [-0.1, -0.05) is 24.8 Å². The van der Waals surface area contributed by atoms with Gasteiger partial charge in [-0.15, -0.1) is 0 Å². The van der Waals surface area contributed by atoms with Crippen LogP contribution in [0.1, 0.15) is 36.8 Å². The number of hydrogen-bond donors (Lipinski definition) is 3. The number of nitrogens with zero attached hydrogens (tertiary/aromatic N) is 2. The molecule has 7 heteroatoms. The maximum Gasteiger partial charge on any atom is 0.243 e. The molecule has 0 unspecified atom stereocenters. The molecule has 0 bridgehead atoms. The van der Waals surface area contributed by atoms with Gasteiger partial charge in [0.2, 0.25) is 5.91 Å². The number of para-hydroxylation sites is 1. The molecular formula is C27H29N5O2. The Hall–Kier alpha value is -4.00. The number of carbonyl (C=O) groups excluding carboxylic acids is 1. The van der Waals surface area contributed by atoms with E-state index in [0.717, 1.165) is 37.0 Å². The lowest BCUT2D eigenvalue weighted by molar-refractivity contribution is -0.116. The van der Waals surface area contributed by atoms with Gasteiger partial charge in [0.15, 0.2) is 0 Å². The van der Waals surface area contributed by atoms with Crippen molar-refractivity contribution in [3.63, 3.8) is 0 Å². The number of ether oxygens (including phenoxy) is 1. The SMILES string of the molecule is C=CC(=O)NCC1CCC(Nc2ncncc2C(=N)c2ccc(Oc3ccccc3)cc2)CC1. The van der Waals surface area contributed by atoms with Gasteiger partial charge in [-0.05, 0) is 74.1 Å². The Bertz CT molecular complexity index is 1120. The largest absolute Gasteiger partial charge is 0.457 e. The number of nitrogens with one attached hydrogen (secondary N) is 3. The predicted octanol–water partition coefficient (Wildman–Crippen LogP) is 4.96. The normalized spacial score (nSPS) is 17.4. The Kier molecular flexibility index (Phi) is 7.65. The van der Waals surface area contributed by atoms with E-state index in [4.69, 9.17) is 10.1 Å². The lowest BCUT2D eigenvalue weighted by Gasteiger charge is -2.30. The van der Waals surface area contributed by atoms with Gasteiger partial charge in [0.1, 0.15) is 23.6 Å². The zero-order chi connectivity index (χ0) is 23.8. The Morgan fingerprint density at radius 1 is 1.06 bits per heavy atom. The molecule has 1 aliphatic carbocycles. The quantitative estimate of drug-likeness (QED) is 0.313. The first-order chi connectivity index (χ1) is 16.6. The molecule has 0 saturated heterocycles. The number of benzene rings is 2. The molecular weight excluding hydrogens is 426 g/mol. The number of aromatic nitrogens is 2. The van der Waals surface area contributed by atoms with Crippen LogP contribution < -0.4 is 15.4 Å². The third kappa shape index (κ3) is 6.07. The van der Waals surface area contributed by atoms with E-state index < -0.39 is 0 Å². The first kappa shape index (κ1) is 23.2. The minimum Gasteiger partial charge on any atom is -0.457 e. The van der Waals surface area contributed by atoms with E-state index in [-0.39, 0.29) is 11.9 Å². The molecule has 0 radical (unpaired) electrons. The third-order valence-electron chi connectivity index (χ3n) is 6.04. The average Bonchev–Trinajstić information content (AvgIpc) is 2.89. The van der Waals surface area contributed by atoms with Gasteiger partial charge >= 0.3 is 0 Å². The summed E-state index contributed by atoms with van der Waals surface area (Å²) in [5, 5.41) is 15.2. The summed E-state index contributed by atoms with van der Waals surface area (Å²) in [5.41, 5.74) is 1.79. The molecule has 3 N–H and O–H groups in total. The molecule has 0 atom stereocenters. The summed E-state index contributed by atoms with van der Waals surface area (Å²) in [5.74, 6) is 2.51. The van der Waals surface area contributed by atoms with Crippen LogP contribution in [0.15, 0.2) is 79.8 Å². The Morgan fingerprint density at radius 3 is 2.47 bits per heavy atom. The van der Waals surface area contributed by atoms with Crippen molar-refractivity contribution in [2.75, 3.05) is 11.9 Å². The van der Waals surface area contributed by atoms with E-state index in [1.807, 2.05) is 54.6 Å². The minimum absolute atomic E-state index is 0.121. The lowest BCUT2D eigenvalue weighted by atomic mass is 9.86. The monoisotopic (exact) mass is 455 g/mol. The van der Waals surface area contributed by atoms with Gasteiger partial charge in [-0.3, -0.25) is 10.2 Å². The Morgan fingerprint density at radius 2 is 1.76 bits per heavy atom. The van der Waals surface area contributed by atoms with Crippen LogP contribution in [-0.2, 0) is 4.79 Å². The molecule has 4 rings (SSSR count). The summed E-state index contributed by atoms with van der Waals surface area (Å²) >= 11 is 0. The van der Waals surface area contributed by atoms with Crippen LogP contribution in [0, 0.1) is 11.3 Å². The number of amides is 1. The van der Waals surface area contributed by atoms with Crippen molar-refractivity contribution in [2.45, 2.75) is 31.7 Å². The number of anilines is 1. The smallest absolute Gasteiger partial charge is 0.243 e. The van der Waals surface area contributed by atoms with Gasteiger partial charge in [0.25, 0.3) is 0 Å². The number of rotatable bonds is 9. The number of carbonyl (C=O) groups is 1. The van der Waals surface area contributed by atoms with Gasteiger partial charge in [0, 0.05) is 24.3 Å². The standard InChI is InChI=1S/C27H29N5O2/c1-2-25(33)30-16-19-8-12-21(13-9-19)32-27-24(17-29-18-31-27)26(28)20-10-14-23(15-11-20)34-22-6-4-3-5-7-22/h2-7,10-11,14-15,17-19,21,28H,1,8-9,12-13,16H2,(H,30,33)(H,29,31,32). The highest BCUT2D eigenvalue weighted by atomic mass is 16.5. The van der Waals surface area contributed by atoms with Crippen LogP contribution in [-0.4, -0.2) is 34.2 Å². The second-order valence-corrected chi connectivity index (χ2v) is 8.41. The molecule has 0 spiro atoms. The van der Waals surface area contributed by atoms with E-state index >= 15 is 0 Å². The van der Waals surface area contributed by atoms with E-state index in [0.29, 0.717) is 35.3 Å². The van der Waals surface area contributed by atoms with Crippen LogP contribution in [0.4, 0.5) is 5.82 Å². The molecule has 1 heterocycles. The van der Waals surface area contributed by atoms with E-state index in [1.54, 1.807) is 6.20 Å². The fourth-order valence-corrected chi connectivity index (χ4v) is 4.12. The second kappa shape index (κ2) is 11.2. The summed E-state index contributed by atoms with van der Waals surface area (Å²) in [4.78, 5) is 20.0. The molecule has 174 valence electrons. The van der Waals surface area contributed by atoms with Crippen molar-refractivity contribution in [2.24, 2.45) is 5.92 Å². The van der Waals surface area contributed by atoms with Gasteiger partial charge in [-0.2, -0.15) is 0 Å². The van der Waals surface area contributed by atoms with Crippen molar-refractivity contribution in [1.82, 2.24) is 15.3 Å². The first-order valence-electron chi connectivity index (χ1n) is 11.5. The highest BCUT2D eigenvalue weighted by molar-refractivity contribution is 6.13. The molecule has 0 aliphatic heterocycles. The summed E-state index contributed by atoms with van der Waals surface area (Å²) in [6.07, 6.45) is 8.51. The van der Waals surface area contributed by atoms with E-state index in [9.17, 15) is 4.79 Å². The summed E-state index contributed by atoms with van der Waals surface area (Å²) in [7, 11) is 0. The van der Waals surface area contributed by atoms with Crippen molar-refractivity contribution in [1.29, 1.82) is 5.41 Å². The molecule has 1 fully saturated rings. The van der Waals surface area contributed by atoms with Crippen molar-refractivity contribution >= 4 is 17.4 Å². The molecule has 1 aliphatic rings. The molecule has 34 heavy (non-hydrogen) atoms. The lowest BCUT2D eigenvalue weighted by Crippen LogP contribution is -2.33. The highest BCUT2D eigenvalue weighted by Crippen LogP contribution is 2.28. The van der Waals surface area contributed by atoms with Crippen LogP contribution >= 0.6 is 0 Å². The predicted molar refractivity (Wildman–Crippen MR) is 133 cm³/mol. The zero-order valence-corrected chi connectivity index (χ0v) is 19.0. The second-order valence-electron chi connectivity index (χ2n) is 8.41. The maximum absolute atomic E-state index is 11.4. The van der Waals surface area contributed by atoms with Crippen molar-refractivity contribution < 1.29 is 9.53 Å². The summed E-state index contributed by atoms with van der Waals surface area (Å²) in [6.45, 7) is 4.18. The first-order valence-corrected chi connectivity index (χ1v) is 11.5. The zero-order valence-electron chi connectivity index (χ0n) is 19.0. The highest BCUT2D eigenvalue weighted by Gasteiger charge is 2.23. The number of hydrogen-bond acceptors (Lipinski definition) is 6. The van der Waals surface area contributed by atoms with Crippen molar-refractivity contribution in [3.05, 3.63) is 90.9 Å². The van der Waals surface area contributed by atoms with Crippen LogP contribution in [0.5, 0.6) is 11.5 Å². The van der Waals surface area contributed by atoms with Gasteiger partial charge in [-0.25, -0.2) is 9.97 Å². The van der Waals surface area contributed by atoms with Gasteiger partial charge < -0.3 is 15.4 Å². The Labute approximate surface area is 199 Å². The van der Waals surface area contributed by atoms with E-state index in [2.05, 4.69) is 27.2 Å². The fraction of sp³-hybridized carbons (Fsp3) is 0.259. The molecule has 1 amide bonds. The third-order valence-corrected chi connectivity index (χ3v) is 6.04. The Balaban J connectivity index is 1.37. The fourth-order valence-electron chi connectivity index (χ4n) is 4.12. The summed E-state index contributed by atoms with van der Waals surface area (Å²) < 4.78 is 5.85. The van der Waals surface area contributed by atoms with Crippen LogP contribution in [0.3, 0.4) is 0 Å². The molecule has 1 aromatic heterocycles. The van der Waals surface area contributed by atoms with Crippen LogP contribution in [0.25, 0.3) is 0 Å². The molecule has 2 aromatic carbocycles. The molecule has 1 saturated carbocycles.